The van der Waals surface area contributed by atoms with Crippen molar-refractivity contribution in [2.45, 2.75) is 0 Å². The summed E-state index contributed by atoms with van der Waals surface area (Å²) in [4.78, 5) is 0. The molecule has 7 nitrogen and oxygen atoms in total. The molecule has 3 rings (SSSR count). The number of ether oxygens (including phenoxy) is 1. The maximum absolute atomic E-state index is 9.55. The van der Waals surface area contributed by atoms with Crippen molar-refractivity contribution in [3.05, 3.63) is 48.5 Å². The second-order valence-corrected chi connectivity index (χ2v) is 4.00. The number of aromatic hydroxyl groups is 1. The Bertz CT molecular complexity index is 727. The molecule has 7 heteroatoms. The van der Waals surface area contributed by atoms with Gasteiger partial charge in [0, 0.05) is 0 Å². The quantitative estimate of drug-likeness (QED) is 0.555. The molecule has 0 bridgehead atoms. The minimum atomic E-state index is -0.0544. The van der Waals surface area contributed by atoms with Crippen LogP contribution in [-0.2, 0) is 0 Å². The number of nitrogen functional groups attached to an aromatic ring is 1. The van der Waals surface area contributed by atoms with Crippen molar-refractivity contribution in [2.24, 2.45) is 0 Å². The third-order valence-electron chi connectivity index (χ3n) is 2.69. The van der Waals surface area contributed by atoms with Gasteiger partial charge in [-0.3, -0.25) is 0 Å². The smallest absolute Gasteiger partial charge is 0.345 e. The van der Waals surface area contributed by atoms with Crippen LogP contribution in [0.4, 0.5) is 5.69 Å². The summed E-state index contributed by atoms with van der Waals surface area (Å²) >= 11 is 0. The lowest BCUT2D eigenvalue weighted by atomic mass is 10.3. The summed E-state index contributed by atoms with van der Waals surface area (Å²) in [6.45, 7) is 0. The Kier molecular flexibility index (Phi) is 2.92. The van der Waals surface area contributed by atoms with E-state index in [4.69, 9.17) is 10.5 Å². The van der Waals surface area contributed by atoms with Gasteiger partial charge >= 0.3 is 6.01 Å². The lowest BCUT2D eigenvalue weighted by Crippen LogP contribution is -2.01. The van der Waals surface area contributed by atoms with Crippen LogP contribution in [0.1, 0.15) is 0 Å². The zero-order valence-electron chi connectivity index (χ0n) is 10.3. The average Bonchev–Trinajstić information content (AvgIpc) is 2.93. The number of hydrogen-bond donors (Lipinski definition) is 2. The highest BCUT2D eigenvalue weighted by Gasteiger charge is 2.13. The number of nitrogens with zero attached hydrogens (tertiary/aromatic N) is 4. The Morgan fingerprint density at radius 3 is 2.65 bits per heavy atom. The highest BCUT2D eigenvalue weighted by molar-refractivity contribution is 5.62. The summed E-state index contributed by atoms with van der Waals surface area (Å²) in [5, 5.41) is 20.8. The van der Waals surface area contributed by atoms with Crippen LogP contribution in [0.3, 0.4) is 0 Å². The number of para-hydroxylation sites is 2. The van der Waals surface area contributed by atoms with Gasteiger partial charge in [0.05, 0.1) is 5.69 Å². The van der Waals surface area contributed by atoms with Crippen molar-refractivity contribution in [1.29, 1.82) is 0 Å². The third kappa shape index (κ3) is 2.12. The lowest BCUT2D eigenvalue weighted by Gasteiger charge is -2.08. The van der Waals surface area contributed by atoms with Gasteiger partial charge in [0.15, 0.2) is 5.75 Å². The first kappa shape index (κ1) is 12.0. The van der Waals surface area contributed by atoms with Gasteiger partial charge in [-0.15, -0.1) is 0 Å². The number of nitrogens with two attached hydrogens (primary N) is 1. The van der Waals surface area contributed by atoms with Crippen molar-refractivity contribution >= 4 is 5.69 Å². The van der Waals surface area contributed by atoms with E-state index >= 15 is 0 Å². The Balaban J connectivity index is 1.97. The molecule has 0 unspecified atom stereocenters. The van der Waals surface area contributed by atoms with E-state index in [0.717, 1.165) is 5.69 Å². The Hall–Kier alpha value is -3.09. The van der Waals surface area contributed by atoms with Gasteiger partial charge in [0.2, 0.25) is 0 Å². The molecule has 0 amide bonds. The van der Waals surface area contributed by atoms with Crippen LogP contribution < -0.4 is 10.5 Å². The zero-order valence-corrected chi connectivity index (χ0v) is 10.3. The fourth-order valence-electron chi connectivity index (χ4n) is 1.69. The number of anilines is 1. The molecule has 3 aromatic rings. The van der Waals surface area contributed by atoms with Crippen LogP contribution in [0.15, 0.2) is 48.5 Å². The lowest BCUT2D eigenvalue weighted by molar-refractivity contribution is 0.423. The molecule has 0 aliphatic heterocycles. The summed E-state index contributed by atoms with van der Waals surface area (Å²) in [6.07, 6.45) is 0. The van der Waals surface area contributed by atoms with Crippen LogP contribution in [0, 0.1) is 0 Å². The van der Waals surface area contributed by atoms with Gasteiger partial charge in [-0.05, 0) is 34.7 Å². The maximum atomic E-state index is 9.55. The molecule has 0 aliphatic carbocycles. The molecule has 20 heavy (non-hydrogen) atoms. The topological polar surface area (TPSA) is 99.1 Å². The average molecular weight is 269 g/mol. The Morgan fingerprint density at radius 2 is 1.85 bits per heavy atom. The summed E-state index contributed by atoms with van der Waals surface area (Å²) < 4.78 is 6.99. The fourth-order valence-corrected chi connectivity index (χ4v) is 1.69. The van der Waals surface area contributed by atoms with Gasteiger partial charge < -0.3 is 15.6 Å². The predicted molar refractivity (Wildman–Crippen MR) is 71.7 cm³/mol. The molecule has 100 valence electrons. The van der Waals surface area contributed by atoms with Gasteiger partial charge in [-0.25, -0.2) is 0 Å². The van der Waals surface area contributed by atoms with E-state index < -0.39 is 0 Å². The molecule has 0 atom stereocenters. The van der Waals surface area contributed by atoms with E-state index in [9.17, 15) is 5.11 Å². The minimum absolute atomic E-state index is 0.0544. The second kappa shape index (κ2) is 4.88. The van der Waals surface area contributed by atoms with E-state index in [0.29, 0.717) is 0 Å². The molecule has 2 aromatic carbocycles. The highest BCUT2D eigenvalue weighted by Crippen LogP contribution is 2.33. The molecule has 1 heterocycles. The molecule has 0 saturated carbocycles. The SMILES string of the molecule is Nc1c(O)cccc1Oc1nnnn1-c1ccccc1. The molecule has 0 spiro atoms. The van der Waals surface area contributed by atoms with Crippen LogP contribution in [0.5, 0.6) is 17.5 Å². The van der Waals surface area contributed by atoms with E-state index in [1.165, 1.54) is 10.7 Å². The van der Waals surface area contributed by atoms with E-state index in [1.54, 1.807) is 12.1 Å². The molecule has 3 N–H and O–H groups in total. The number of rotatable bonds is 3. The first-order valence-electron chi connectivity index (χ1n) is 5.85. The number of phenolic OH excluding ortho intramolecular Hbond substituents is 1. The van der Waals surface area contributed by atoms with Crippen molar-refractivity contribution < 1.29 is 9.84 Å². The van der Waals surface area contributed by atoms with Gasteiger partial charge in [0.1, 0.15) is 11.4 Å². The summed E-state index contributed by atoms with van der Waals surface area (Å²) in [6, 6.07) is 14.2. The second-order valence-electron chi connectivity index (χ2n) is 4.00. The molecule has 0 fully saturated rings. The summed E-state index contributed by atoms with van der Waals surface area (Å²) in [5.41, 5.74) is 6.63. The van der Waals surface area contributed by atoms with Gasteiger partial charge in [-0.2, -0.15) is 4.68 Å². The molecular weight excluding hydrogens is 258 g/mol. The number of phenols is 1. The molecular formula is C13H11N5O2. The van der Waals surface area contributed by atoms with Crippen LogP contribution in [0.2, 0.25) is 0 Å². The van der Waals surface area contributed by atoms with Crippen molar-refractivity contribution in [2.75, 3.05) is 5.73 Å². The third-order valence-corrected chi connectivity index (χ3v) is 2.69. The number of aromatic nitrogens is 4. The molecule has 0 aliphatic rings. The first-order valence-corrected chi connectivity index (χ1v) is 5.85. The Labute approximate surface area is 114 Å². The van der Waals surface area contributed by atoms with Crippen molar-refractivity contribution in [3.8, 4) is 23.2 Å². The number of benzene rings is 2. The first-order chi connectivity index (χ1) is 9.75. The summed E-state index contributed by atoms with van der Waals surface area (Å²) in [5.74, 6) is 0.234. The number of hydrogen-bond acceptors (Lipinski definition) is 6. The van der Waals surface area contributed by atoms with Gasteiger partial charge in [-0.1, -0.05) is 29.4 Å². The van der Waals surface area contributed by atoms with E-state index in [2.05, 4.69) is 15.5 Å². The minimum Gasteiger partial charge on any atom is -0.506 e. The fraction of sp³-hybridized carbons (Fsp3) is 0. The predicted octanol–water partition coefficient (Wildman–Crippen LogP) is 1.74. The van der Waals surface area contributed by atoms with Gasteiger partial charge in [0.25, 0.3) is 0 Å². The van der Waals surface area contributed by atoms with Crippen molar-refractivity contribution in [3.63, 3.8) is 0 Å². The van der Waals surface area contributed by atoms with Crippen LogP contribution >= 0.6 is 0 Å². The van der Waals surface area contributed by atoms with Crippen LogP contribution in [-0.4, -0.2) is 25.3 Å². The Morgan fingerprint density at radius 1 is 1.05 bits per heavy atom. The summed E-state index contributed by atoms with van der Waals surface area (Å²) in [7, 11) is 0. The largest absolute Gasteiger partial charge is 0.506 e. The van der Waals surface area contributed by atoms with E-state index in [1.807, 2.05) is 30.3 Å². The molecule has 0 saturated heterocycles. The molecule has 1 aromatic heterocycles. The van der Waals surface area contributed by atoms with E-state index in [-0.39, 0.29) is 23.2 Å². The standard InChI is InChI=1S/C13H11N5O2/c14-12-10(19)7-4-8-11(12)20-13-15-16-17-18(13)9-5-2-1-3-6-9/h1-8,19H,14H2. The molecule has 0 radical (unpaired) electrons. The van der Waals surface area contributed by atoms with Crippen LogP contribution in [0.25, 0.3) is 5.69 Å². The highest BCUT2D eigenvalue weighted by atomic mass is 16.5. The monoisotopic (exact) mass is 269 g/mol. The number of tetrazole rings is 1. The maximum Gasteiger partial charge on any atom is 0.345 e. The zero-order chi connectivity index (χ0) is 13.9. The normalized spacial score (nSPS) is 10.4. The van der Waals surface area contributed by atoms with Crippen molar-refractivity contribution in [1.82, 2.24) is 20.2 Å².